The van der Waals surface area contributed by atoms with Crippen LogP contribution in [0, 0.1) is 13.8 Å². The van der Waals surface area contributed by atoms with Crippen LogP contribution in [0.2, 0.25) is 0 Å². The van der Waals surface area contributed by atoms with E-state index >= 15 is 0 Å². The highest BCUT2D eigenvalue weighted by atomic mass is 32.2. The van der Waals surface area contributed by atoms with Crippen molar-refractivity contribution in [3.8, 4) is 23.0 Å². The molecule has 0 unspecified atom stereocenters. The quantitative estimate of drug-likeness (QED) is 0.0385. The van der Waals surface area contributed by atoms with Crippen molar-refractivity contribution in [2.24, 2.45) is 45.9 Å². The molecule has 6 aromatic carbocycles. The van der Waals surface area contributed by atoms with Crippen LogP contribution < -0.4 is 77.0 Å². The molecule has 0 aliphatic carbocycles. The topological polar surface area (TPSA) is 558 Å². The van der Waals surface area contributed by atoms with Crippen LogP contribution >= 0.6 is 0 Å². The van der Waals surface area contributed by atoms with Crippen molar-refractivity contribution >= 4 is 64.3 Å². The lowest BCUT2D eigenvalue weighted by atomic mass is 10.2. The summed E-state index contributed by atoms with van der Waals surface area (Å²) >= 11 is 0. The molecule has 30 heteroatoms. The standard InChI is InChI=1S/2C12H10O7S2.2C7H8.4CH5N3/c2*13-20(14,15)11-5-1-9(2-6-11)19-10-3-7-12(8-4-10)21(16,17)18;2*1-7-5-3-2-4-6-7;4*2-1(3)4/h2*1-8H,(H,13,14,15)(H,16,17,18);2*2-6H,1H3;4*(H5,2,3,4). The van der Waals surface area contributed by atoms with Gasteiger partial charge < -0.3 is 27.7 Å². The van der Waals surface area contributed by atoms with Gasteiger partial charge in [0, 0.05) is 0 Å². The summed E-state index contributed by atoms with van der Waals surface area (Å²) < 4.78 is 140. The molecule has 0 saturated heterocycles. The third-order valence-electron chi connectivity index (χ3n) is 6.80. The average molecular weight is 1080 g/mol. The van der Waals surface area contributed by atoms with Gasteiger partial charge >= 0.3 is 23.8 Å². The summed E-state index contributed by atoms with van der Waals surface area (Å²) in [5, 5.41) is 18.3. The molecule has 0 radical (unpaired) electrons. The maximum Gasteiger partial charge on any atom is 0.336 e. The first kappa shape index (κ1) is 65.7. The highest BCUT2D eigenvalue weighted by Crippen LogP contribution is 2.25. The number of aryl methyl sites for hydroxylation is 2. The molecule has 392 valence electrons. The average Bonchev–Trinajstić information content (AvgIpc) is 3.24. The third kappa shape index (κ3) is 35.7. The molecule has 0 aliphatic heterocycles. The lowest BCUT2D eigenvalue weighted by molar-refractivity contribution is -0.117. The number of hydrogen-bond acceptors (Lipinski definition) is 14. The van der Waals surface area contributed by atoms with Crippen LogP contribution in [0.5, 0.6) is 23.0 Å². The van der Waals surface area contributed by atoms with E-state index in [1.807, 2.05) is 36.4 Å². The SMILES string of the molecule is Cc1ccccc1.Cc1ccccc1.NC(N)=[NH2+].NC(N)=[NH2+].NC(N)=[NH2+].NC(N)=[NH2+].O=S(=O)([O-])c1ccc(Oc2ccc(S(=O)(=O)[O-])cc2)cc1.O=S(=O)([O-])c1ccc(Oc2ccc(S(=O)(=O)[O-])cc2)cc1. The van der Waals surface area contributed by atoms with Crippen LogP contribution in [0.1, 0.15) is 11.1 Å². The van der Waals surface area contributed by atoms with Crippen LogP contribution in [0.25, 0.3) is 0 Å². The Balaban J connectivity index is 0. The molecule has 0 aliphatic rings. The Morgan fingerprint density at radius 3 is 0.556 bits per heavy atom. The molecule has 6 aromatic rings. The van der Waals surface area contributed by atoms with Crippen LogP contribution in [0.3, 0.4) is 0 Å². The molecule has 0 atom stereocenters. The first-order chi connectivity index (χ1) is 33.0. The Morgan fingerprint density at radius 2 is 0.458 bits per heavy atom. The lowest BCUT2D eigenvalue weighted by Crippen LogP contribution is -2.51. The van der Waals surface area contributed by atoms with E-state index < -0.39 is 40.5 Å². The molecular weight excluding hydrogens is 1020 g/mol. The number of benzene rings is 6. The lowest BCUT2D eigenvalue weighted by Gasteiger charge is -2.10. The number of nitrogens with two attached hydrogens (primary N) is 12. The molecular formula is C42H56N12O14S4. The molecule has 0 saturated carbocycles. The summed E-state index contributed by atoms with van der Waals surface area (Å²) in [7, 11) is -18.1. The predicted molar refractivity (Wildman–Crippen MR) is 261 cm³/mol. The van der Waals surface area contributed by atoms with Crippen LogP contribution in [-0.4, -0.2) is 75.7 Å². The van der Waals surface area contributed by atoms with Gasteiger partial charge in [-0.15, -0.1) is 0 Å². The molecule has 26 nitrogen and oxygen atoms in total. The Labute approximate surface area is 416 Å². The fourth-order valence-corrected chi connectivity index (χ4v) is 5.92. The van der Waals surface area contributed by atoms with E-state index in [0.29, 0.717) is 0 Å². The Morgan fingerprint density at radius 1 is 0.319 bits per heavy atom. The molecule has 0 aromatic heterocycles. The summed E-state index contributed by atoms with van der Waals surface area (Å²) in [5.41, 5.74) is 39.3. The monoisotopic (exact) mass is 1080 g/mol. The number of ether oxygens (including phenoxy) is 2. The zero-order valence-corrected chi connectivity index (χ0v) is 41.6. The molecule has 72 heavy (non-hydrogen) atoms. The minimum Gasteiger partial charge on any atom is -0.744 e. The second kappa shape index (κ2) is 32.5. The minimum atomic E-state index is -4.52. The van der Waals surface area contributed by atoms with Crippen molar-refractivity contribution < 1.29 is 83.0 Å². The van der Waals surface area contributed by atoms with Gasteiger partial charge in [0.1, 0.15) is 63.5 Å². The van der Waals surface area contributed by atoms with Gasteiger partial charge in [-0.3, -0.25) is 67.5 Å². The van der Waals surface area contributed by atoms with E-state index in [0.717, 1.165) is 48.5 Å². The van der Waals surface area contributed by atoms with E-state index in [1.165, 1.54) is 59.7 Å². The van der Waals surface area contributed by atoms with Gasteiger partial charge in [-0.25, -0.2) is 33.7 Å². The molecule has 6 rings (SSSR count). The number of guanidine groups is 4. The van der Waals surface area contributed by atoms with Gasteiger partial charge in [0.2, 0.25) is 0 Å². The summed E-state index contributed by atoms with van der Waals surface area (Å²) in [4.78, 5) is -1.55. The molecule has 0 heterocycles. The first-order valence-corrected chi connectivity index (χ1v) is 24.8. The summed E-state index contributed by atoms with van der Waals surface area (Å²) in [6.45, 7) is 4.17. The largest absolute Gasteiger partial charge is 0.744 e. The zero-order chi connectivity index (χ0) is 55.9. The smallest absolute Gasteiger partial charge is 0.336 e. The molecule has 0 bridgehead atoms. The van der Waals surface area contributed by atoms with Gasteiger partial charge in [0.25, 0.3) is 0 Å². The number of rotatable bonds is 8. The summed E-state index contributed by atoms with van der Waals surface area (Å²) in [6.07, 6.45) is 0. The van der Waals surface area contributed by atoms with E-state index in [1.54, 1.807) is 0 Å². The van der Waals surface area contributed by atoms with Gasteiger partial charge in [0.15, 0.2) is 0 Å². The van der Waals surface area contributed by atoms with Crippen molar-refractivity contribution in [2.45, 2.75) is 33.4 Å². The van der Waals surface area contributed by atoms with Crippen molar-refractivity contribution in [1.29, 1.82) is 0 Å². The Kier molecular flexibility index (Phi) is 29.6. The van der Waals surface area contributed by atoms with Gasteiger partial charge in [-0.1, -0.05) is 71.8 Å². The van der Waals surface area contributed by atoms with E-state index in [2.05, 4.69) is 106 Å². The fraction of sp³-hybridized carbons (Fsp3) is 0.0476. The second-order valence-electron chi connectivity index (χ2n) is 13.2. The van der Waals surface area contributed by atoms with Gasteiger partial charge in [0.05, 0.1) is 19.6 Å². The van der Waals surface area contributed by atoms with Crippen LogP contribution in [0.15, 0.2) is 177 Å². The zero-order valence-electron chi connectivity index (χ0n) is 38.3. The number of hydrogen-bond donors (Lipinski definition) is 12. The van der Waals surface area contributed by atoms with E-state index in [-0.39, 0.29) is 66.4 Å². The highest BCUT2D eigenvalue weighted by molar-refractivity contribution is 7.86. The fourth-order valence-electron chi connectivity index (χ4n) is 4.04. The van der Waals surface area contributed by atoms with Crippen LogP contribution in [0.4, 0.5) is 0 Å². The summed E-state index contributed by atoms with van der Waals surface area (Å²) in [6, 6.07) is 39.5. The van der Waals surface area contributed by atoms with Crippen molar-refractivity contribution in [3.63, 3.8) is 0 Å². The molecule has 0 fully saturated rings. The van der Waals surface area contributed by atoms with Crippen molar-refractivity contribution in [1.82, 2.24) is 0 Å². The Bertz CT molecular complexity index is 2650. The minimum absolute atomic E-state index is 0.0833. The van der Waals surface area contributed by atoms with E-state index in [4.69, 9.17) is 9.47 Å². The van der Waals surface area contributed by atoms with Crippen molar-refractivity contribution in [2.75, 3.05) is 0 Å². The van der Waals surface area contributed by atoms with Gasteiger partial charge in [-0.2, -0.15) is 0 Å². The predicted octanol–water partition coefficient (Wildman–Crippen LogP) is -5.36. The van der Waals surface area contributed by atoms with E-state index in [9.17, 15) is 51.9 Å². The summed E-state index contributed by atoms with van der Waals surface area (Å²) in [5.74, 6) is 0.667. The molecule has 0 amide bonds. The highest BCUT2D eigenvalue weighted by Gasteiger charge is 2.06. The maximum absolute atomic E-state index is 10.8. The molecule has 24 N–H and O–H groups in total. The normalized spacial score (nSPS) is 10.1. The molecule has 0 spiro atoms. The maximum atomic E-state index is 10.8. The van der Waals surface area contributed by atoms with Crippen molar-refractivity contribution in [3.05, 3.63) is 169 Å². The first-order valence-electron chi connectivity index (χ1n) is 19.2. The van der Waals surface area contributed by atoms with Crippen LogP contribution in [-0.2, 0) is 40.5 Å². The second-order valence-corrected chi connectivity index (χ2v) is 18.7. The van der Waals surface area contributed by atoms with Gasteiger partial charge in [-0.05, 0) is 111 Å². The Hall–Kier alpha value is -8.36. The third-order valence-corrected chi connectivity index (χ3v) is 10.2.